The highest BCUT2D eigenvalue weighted by molar-refractivity contribution is 5.03. The second kappa shape index (κ2) is 3.93. The van der Waals surface area contributed by atoms with Crippen LogP contribution in [0, 0.1) is 6.92 Å². The molecular formula is C11H17FN2O. The van der Waals surface area contributed by atoms with Gasteiger partial charge in [0.05, 0.1) is 5.69 Å². The van der Waals surface area contributed by atoms with E-state index in [0.29, 0.717) is 19.5 Å². The highest BCUT2D eigenvalue weighted by Crippen LogP contribution is 2.25. The molecule has 84 valence electrons. The van der Waals surface area contributed by atoms with Crippen molar-refractivity contribution in [3.05, 3.63) is 17.5 Å². The van der Waals surface area contributed by atoms with Gasteiger partial charge in [0.25, 0.3) is 0 Å². The first-order chi connectivity index (χ1) is 7.05. The molecule has 0 unspecified atom stereocenters. The van der Waals surface area contributed by atoms with Gasteiger partial charge in [-0.15, -0.1) is 0 Å². The molecule has 15 heavy (non-hydrogen) atoms. The molecule has 1 aromatic rings. The molecule has 1 atom stereocenters. The van der Waals surface area contributed by atoms with Crippen LogP contribution in [0.3, 0.4) is 0 Å². The molecule has 0 bridgehead atoms. The summed E-state index contributed by atoms with van der Waals surface area (Å²) in [6, 6.07) is 1.91. The van der Waals surface area contributed by atoms with Crippen LogP contribution in [0.5, 0.6) is 0 Å². The lowest BCUT2D eigenvalue weighted by Crippen LogP contribution is -2.42. The summed E-state index contributed by atoms with van der Waals surface area (Å²) >= 11 is 0. The molecule has 2 heterocycles. The fourth-order valence-corrected chi connectivity index (χ4v) is 2.15. The normalized spacial score (nSPS) is 28.2. The van der Waals surface area contributed by atoms with Gasteiger partial charge in [0.2, 0.25) is 0 Å². The Bertz CT molecular complexity index is 335. The lowest BCUT2D eigenvalue weighted by molar-refractivity contribution is 0.0551. The van der Waals surface area contributed by atoms with Crippen LogP contribution in [0.25, 0.3) is 0 Å². The quantitative estimate of drug-likeness (QED) is 0.753. The summed E-state index contributed by atoms with van der Waals surface area (Å²) in [5, 5.41) is 3.92. The second-order valence-electron chi connectivity index (χ2n) is 4.66. The number of alkyl halides is 1. The number of halogens is 1. The van der Waals surface area contributed by atoms with Gasteiger partial charge in [-0.2, -0.15) is 0 Å². The van der Waals surface area contributed by atoms with Crippen molar-refractivity contribution in [3.8, 4) is 0 Å². The summed E-state index contributed by atoms with van der Waals surface area (Å²) in [7, 11) is 0. The molecule has 1 aliphatic heterocycles. The van der Waals surface area contributed by atoms with Crippen molar-refractivity contribution in [2.45, 2.75) is 38.9 Å². The van der Waals surface area contributed by atoms with E-state index in [9.17, 15) is 4.39 Å². The Kier molecular flexibility index (Phi) is 2.78. The number of hydrogen-bond acceptors (Lipinski definition) is 3. The average Bonchev–Trinajstić information content (AvgIpc) is 2.49. The van der Waals surface area contributed by atoms with Crippen molar-refractivity contribution in [2.24, 2.45) is 0 Å². The maximum atomic E-state index is 13.7. The molecule has 1 saturated heterocycles. The number of rotatable bonds is 2. The van der Waals surface area contributed by atoms with Gasteiger partial charge < -0.3 is 4.52 Å². The van der Waals surface area contributed by atoms with E-state index in [4.69, 9.17) is 4.52 Å². The minimum atomic E-state index is -1.04. The molecule has 0 N–H and O–H groups in total. The zero-order chi connectivity index (χ0) is 10.9. The summed E-state index contributed by atoms with van der Waals surface area (Å²) in [5.74, 6) is 0.810. The van der Waals surface area contributed by atoms with E-state index in [-0.39, 0.29) is 0 Å². The minimum Gasteiger partial charge on any atom is -0.361 e. The van der Waals surface area contributed by atoms with Gasteiger partial charge in [0.15, 0.2) is 0 Å². The van der Waals surface area contributed by atoms with E-state index in [1.54, 1.807) is 6.92 Å². The molecule has 1 fully saturated rings. The Balaban J connectivity index is 1.95. The van der Waals surface area contributed by atoms with E-state index in [1.807, 2.05) is 13.0 Å². The third-order valence-electron chi connectivity index (χ3n) is 2.79. The molecule has 4 heteroatoms. The molecule has 0 aliphatic carbocycles. The number of aromatic nitrogens is 1. The smallest absolute Gasteiger partial charge is 0.133 e. The van der Waals surface area contributed by atoms with Crippen LogP contribution in [0.15, 0.2) is 10.6 Å². The number of aryl methyl sites for hydroxylation is 1. The van der Waals surface area contributed by atoms with Gasteiger partial charge >= 0.3 is 0 Å². The van der Waals surface area contributed by atoms with Crippen molar-refractivity contribution in [1.29, 1.82) is 0 Å². The van der Waals surface area contributed by atoms with Gasteiger partial charge in [-0.25, -0.2) is 4.39 Å². The molecule has 0 radical (unpaired) electrons. The van der Waals surface area contributed by atoms with Gasteiger partial charge in [0.1, 0.15) is 11.4 Å². The summed E-state index contributed by atoms with van der Waals surface area (Å²) in [5.41, 5.74) is -0.151. The zero-order valence-corrected chi connectivity index (χ0v) is 9.29. The molecule has 0 aromatic carbocycles. The molecule has 1 aliphatic rings. The molecule has 0 saturated carbocycles. The largest absolute Gasteiger partial charge is 0.361 e. The lowest BCUT2D eigenvalue weighted by atomic mass is 9.97. The predicted molar refractivity (Wildman–Crippen MR) is 55.3 cm³/mol. The van der Waals surface area contributed by atoms with E-state index in [2.05, 4.69) is 10.1 Å². The number of hydrogen-bond donors (Lipinski definition) is 0. The fraction of sp³-hybridized carbons (Fsp3) is 0.727. The van der Waals surface area contributed by atoms with Gasteiger partial charge in [-0.1, -0.05) is 5.16 Å². The molecule has 0 spiro atoms. The van der Waals surface area contributed by atoms with Crippen LogP contribution < -0.4 is 0 Å². The Morgan fingerprint density at radius 2 is 2.47 bits per heavy atom. The summed E-state index contributed by atoms with van der Waals surface area (Å²) in [6.45, 7) is 5.68. The van der Waals surface area contributed by atoms with Crippen LogP contribution in [0.2, 0.25) is 0 Å². The van der Waals surface area contributed by atoms with Crippen molar-refractivity contribution >= 4 is 0 Å². The first-order valence-electron chi connectivity index (χ1n) is 5.39. The fourth-order valence-electron chi connectivity index (χ4n) is 2.15. The number of nitrogens with zero attached hydrogens (tertiary/aromatic N) is 2. The lowest BCUT2D eigenvalue weighted by Gasteiger charge is -2.34. The van der Waals surface area contributed by atoms with Crippen LogP contribution >= 0.6 is 0 Å². The molecule has 2 rings (SSSR count). The van der Waals surface area contributed by atoms with E-state index < -0.39 is 5.67 Å². The summed E-state index contributed by atoms with van der Waals surface area (Å²) < 4.78 is 18.7. The highest BCUT2D eigenvalue weighted by Gasteiger charge is 2.30. The molecular weight excluding hydrogens is 195 g/mol. The van der Waals surface area contributed by atoms with Crippen LogP contribution in [-0.4, -0.2) is 28.8 Å². The molecule has 1 aromatic heterocycles. The van der Waals surface area contributed by atoms with E-state index >= 15 is 0 Å². The van der Waals surface area contributed by atoms with E-state index in [1.165, 1.54) is 0 Å². The van der Waals surface area contributed by atoms with E-state index in [0.717, 1.165) is 24.4 Å². The molecule has 0 amide bonds. The van der Waals surface area contributed by atoms with Crippen molar-refractivity contribution < 1.29 is 8.91 Å². The van der Waals surface area contributed by atoms with Gasteiger partial charge in [-0.3, -0.25) is 4.90 Å². The second-order valence-corrected chi connectivity index (χ2v) is 4.66. The van der Waals surface area contributed by atoms with Crippen LogP contribution in [0.4, 0.5) is 4.39 Å². The Hall–Kier alpha value is -0.900. The number of piperidine rings is 1. The first-order valence-corrected chi connectivity index (χ1v) is 5.39. The third kappa shape index (κ3) is 2.78. The average molecular weight is 212 g/mol. The third-order valence-corrected chi connectivity index (χ3v) is 2.79. The highest BCUT2D eigenvalue weighted by atomic mass is 19.1. The molecule has 3 nitrogen and oxygen atoms in total. The van der Waals surface area contributed by atoms with Crippen LogP contribution in [-0.2, 0) is 6.54 Å². The Morgan fingerprint density at radius 3 is 3.07 bits per heavy atom. The van der Waals surface area contributed by atoms with Gasteiger partial charge in [0, 0.05) is 19.2 Å². The monoisotopic (exact) mass is 212 g/mol. The zero-order valence-electron chi connectivity index (χ0n) is 9.29. The maximum Gasteiger partial charge on any atom is 0.133 e. The SMILES string of the molecule is Cc1cc(CN2CCC[C@](C)(F)C2)no1. The first kappa shape index (κ1) is 10.6. The Morgan fingerprint density at radius 1 is 1.67 bits per heavy atom. The number of likely N-dealkylation sites (tertiary alicyclic amines) is 1. The van der Waals surface area contributed by atoms with Crippen molar-refractivity contribution in [2.75, 3.05) is 13.1 Å². The van der Waals surface area contributed by atoms with Crippen molar-refractivity contribution in [3.63, 3.8) is 0 Å². The predicted octanol–water partition coefficient (Wildman–Crippen LogP) is 2.31. The topological polar surface area (TPSA) is 29.3 Å². The van der Waals surface area contributed by atoms with Crippen molar-refractivity contribution in [1.82, 2.24) is 10.1 Å². The Labute approximate surface area is 89.2 Å². The standard InChI is InChI=1S/C11H17FN2O/c1-9-6-10(13-15-9)7-14-5-3-4-11(2,12)8-14/h6H,3-5,7-8H2,1-2H3/t11-/m0/s1. The summed E-state index contributed by atoms with van der Waals surface area (Å²) in [4.78, 5) is 2.10. The minimum absolute atomic E-state index is 0.499. The maximum absolute atomic E-state index is 13.7. The van der Waals surface area contributed by atoms with Gasteiger partial charge in [-0.05, 0) is 33.2 Å². The summed E-state index contributed by atoms with van der Waals surface area (Å²) in [6.07, 6.45) is 1.59. The van der Waals surface area contributed by atoms with Crippen LogP contribution in [0.1, 0.15) is 31.2 Å².